The lowest BCUT2D eigenvalue weighted by Crippen LogP contribution is -2.62. The van der Waals surface area contributed by atoms with Crippen LogP contribution in [0.5, 0.6) is 0 Å². The van der Waals surface area contributed by atoms with E-state index in [2.05, 4.69) is 0 Å². The van der Waals surface area contributed by atoms with Crippen LogP contribution in [0.3, 0.4) is 0 Å². The molecule has 0 aromatic heterocycles. The summed E-state index contributed by atoms with van der Waals surface area (Å²) in [6.45, 7) is -4.64. The molecule has 4 saturated heterocycles. The van der Waals surface area contributed by atoms with Gasteiger partial charge in [0.1, 0.15) is 98.7 Å². The van der Waals surface area contributed by atoms with Crippen LogP contribution in [0.4, 0.5) is 0 Å². The summed E-state index contributed by atoms with van der Waals surface area (Å²) in [4.78, 5) is 0. The van der Waals surface area contributed by atoms with Gasteiger partial charge in [-0.25, -0.2) is 0 Å². The summed E-state index contributed by atoms with van der Waals surface area (Å²) < 4.78 is 30.9. The quantitative estimate of drug-likeness (QED) is 0.101. The van der Waals surface area contributed by atoms with Crippen LogP contribution < -0.4 is 0 Å². The van der Waals surface area contributed by atoms with Crippen molar-refractivity contribution >= 4 is 0 Å². The van der Waals surface area contributed by atoms with Crippen LogP contribution in [0.25, 0.3) is 0 Å². The van der Waals surface area contributed by atoms with Crippen molar-refractivity contribution in [3.05, 3.63) is 0 Å². The third-order valence-electron chi connectivity index (χ3n) is 8.14. The predicted molar refractivity (Wildman–Crippen MR) is 137 cm³/mol. The van der Waals surface area contributed by atoms with E-state index in [0.29, 0.717) is 0 Å². The zero-order chi connectivity index (χ0) is 34.7. The van der Waals surface area contributed by atoms with Crippen molar-refractivity contribution < 1.29 is 110 Å². The molecule has 272 valence electrons. The number of rotatable bonds is 10. The highest BCUT2D eigenvalue weighted by Crippen LogP contribution is 2.37. The molecule has 0 aromatic rings. The Morgan fingerprint density at radius 3 is 0.935 bits per heavy atom. The van der Waals surface area contributed by atoms with Crippen LogP contribution in [-0.2, 0) is 28.4 Å². The van der Waals surface area contributed by atoms with E-state index in [-0.39, 0.29) is 0 Å². The second-order valence-electron chi connectivity index (χ2n) is 11.1. The fourth-order valence-corrected chi connectivity index (χ4v) is 5.26. The summed E-state index contributed by atoms with van der Waals surface area (Å²) in [6, 6.07) is 0. The first-order valence-corrected chi connectivity index (χ1v) is 14.1. The number of hydrogen-bond acceptors (Lipinski definition) is 22. The molecule has 0 spiro atoms. The van der Waals surface area contributed by atoms with Crippen LogP contribution in [0.2, 0.25) is 0 Å². The summed E-state index contributed by atoms with van der Waals surface area (Å²) in [5, 5.41) is 153. The Hall–Kier alpha value is -0.880. The van der Waals surface area contributed by atoms with Gasteiger partial charge in [0.25, 0.3) is 0 Å². The van der Waals surface area contributed by atoms with Gasteiger partial charge in [-0.1, -0.05) is 0 Å². The largest absolute Gasteiger partial charge is 0.394 e. The number of aliphatic hydroxyl groups excluding tert-OH is 16. The van der Waals surface area contributed by atoms with E-state index in [4.69, 9.17) is 48.8 Å². The smallest absolute Gasteiger partial charge is 0.224 e. The molecule has 22 nitrogen and oxygen atoms in total. The number of aliphatic hydroxyl groups is 16. The van der Waals surface area contributed by atoms with Gasteiger partial charge in [0.2, 0.25) is 11.6 Å². The number of hydrogen-bond donors (Lipinski definition) is 16. The van der Waals surface area contributed by atoms with Gasteiger partial charge >= 0.3 is 0 Å². The second-order valence-corrected chi connectivity index (χ2v) is 11.1. The maximum Gasteiger partial charge on any atom is 0.224 e. The predicted octanol–water partition coefficient (Wildman–Crippen LogP) is -10.8. The molecule has 4 heterocycles. The van der Waals surface area contributed by atoms with Gasteiger partial charge in [0, 0.05) is 0 Å². The Balaban J connectivity index is 0.000000250. The van der Waals surface area contributed by atoms with Gasteiger partial charge in [0.05, 0.1) is 26.4 Å². The summed E-state index contributed by atoms with van der Waals surface area (Å²) in [6.07, 6.45) is -25.3. The lowest BCUT2D eigenvalue weighted by Gasteiger charge is -2.43. The zero-order valence-electron chi connectivity index (χ0n) is 24.1. The summed E-state index contributed by atoms with van der Waals surface area (Å²) in [5.41, 5.74) is 0. The maximum atomic E-state index is 10.00. The minimum absolute atomic E-state index is 0.669. The fraction of sp³-hybridized carbons (Fsp3) is 1.00. The first-order valence-electron chi connectivity index (χ1n) is 14.1. The molecular weight excluding hydrogens is 640 g/mol. The third-order valence-corrected chi connectivity index (χ3v) is 8.14. The SMILES string of the molecule is OC[C@H]1O[C@@](CO)(O[C@H]2O[C@H](CO)[C@@H](O)[C@H](O)[C@H]2O)[C@@H](O)[C@@H]1O.OC[C@H]1O[C@](CO)(O[C@@H]2O[C@H](CO)[C@@H](O)[C@H](O)[C@H]2O)[C@@H](O)[C@@H]1O. The maximum absolute atomic E-state index is 10.00. The topological polar surface area (TPSA) is 379 Å². The highest BCUT2D eigenvalue weighted by Gasteiger charge is 2.59. The molecule has 16 N–H and O–H groups in total. The van der Waals surface area contributed by atoms with E-state index in [1.807, 2.05) is 0 Å². The Bertz CT molecular complexity index is 858. The fourth-order valence-electron chi connectivity index (χ4n) is 5.26. The molecule has 46 heavy (non-hydrogen) atoms. The molecule has 0 aliphatic carbocycles. The lowest BCUT2D eigenvalue weighted by molar-refractivity contribution is -0.383. The summed E-state index contributed by atoms with van der Waals surface area (Å²) in [5.74, 6) is -4.44. The van der Waals surface area contributed by atoms with Gasteiger partial charge in [-0.3, -0.25) is 0 Å². The average Bonchev–Trinajstić information content (AvgIpc) is 3.45. The second kappa shape index (κ2) is 16.2. The van der Waals surface area contributed by atoms with Gasteiger partial charge in [-0.05, 0) is 0 Å². The molecule has 4 aliphatic heterocycles. The van der Waals surface area contributed by atoms with Gasteiger partial charge in [-0.15, -0.1) is 0 Å². The first kappa shape index (κ1) is 39.6. The molecule has 0 unspecified atom stereocenters. The highest BCUT2D eigenvalue weighted by atomic mass is 16.8. The van der Waals surface area contributed by atoms with Gasteiger partial charge < -0.3 is 110 Å². The molecule has 0 amide bonds. The Labute approximate surface area is 260 Å². The van der Waals surface area contributed by atoms with Crippen molar-refractivity contribution in [2.75, 3.05) is 39.6 Å². The molecule has 18 atom stereocenters. The molecule has 0 bridgehead atoms. The molecule has 4 rings (SSSR count). The van der Waals surface area contributed by atoms with Crippen LogP contribution in [-0.4, -0.2) is 231 Å². The molecule has 22 heteroatoms. The van der Waals surface area contributed by atoms with E-state index in [1.165, 1.54) is 0 Å². The Morgan fingerprint density at radius 1 is 0.391 bits per heavy atom. The Morgan fingerprint density at radius 2 is 0.696 bits per heavy atom. The van der Waals surface area contributed by atoms with Crippen molar-refractivity contribution in [3.63, 3.8) is 0 Å². The van der Waals surface area contributed by atoms with Crippen LogP contribution in [0, 0.1) is 0 Å². The van der Waals surface area contributed by atoms with Crippen molar-refractivity contribution in [1.29, 1.82) is 0 Å². The molecule has 4 aliphatic rings. The van der Waals surface area contributed by atoms with Crippen LogP contribution >= 0.6 is 0 Å². The van der Waals surface area contributed by atoms with Crippen LogP contribution in [0.1, 0.15) is 0 Å². The third kappa shape index (κ3) is 7.48. The molecule has 4 fully saturated rings. The van der Waals surface area contributed by atoms with Crippen molar-refractivity contribution in [3.8, 4) is 0 Å². The van der Waals surface area contributed by atoms with E-state index in [9.17, 15) is 61.3 Å². The monoisotopic (exact) mass is 684 g/mol. The van der Waals surface area contributed by atoms with Gasteiger partial charge in [0.15, 0.2) is 12.6 Å². The van der Waals surface area contributed by atoms with Crippen molar-refractivity contribution in [1.82, 2.24) is 0 Å². The van der Waals surface area contributed by atoms with E-state index >= 15 is 0 Å². The molecular formula is C24H44O22. The minimum Gasteiger partial charge on any atom is -0.394 e. The van der Waals surface area contributed by atoms with Gasteiger partial charge in [-0.2, -0.15) is 0 Å². The molecule has 0 aromatic carbocycles. The average molecular weight is 685 g/mol. The van der Waals surface area contributed by atoms with Crippen LogP contribution in [0.15, 0.2) is 0 Å². The van der Waals surface area contributed by atoms with E-state index in [0.717, 1.165) is 0 Å². The highest BCUT2D eigenvalue weighted by molar-refractivity contribution is 5.00. The Kier molecular flexibility index (Phi) is 13.9. The molecule has 0 saturated carbocycles. The van der Waals surface area contributed by atoms with Crippen molar-refractivity contribution in [2.45, 2.75) is 110 Å². The zero-order valence-corrected chi connectivity index (χ0v) is 24.1. The standard InChI is InChI=1S/2C12H22O11/c2*13-1-4-6(16)8(18)9(19)11(21-4)23-12(3-15)10(20)7(17)5(2-14)22-12/h2*4-11,13-20H,1-3H2/t4-,5-,6-,7-,8+,9-,10+,11+,12-;4-,5-,6-,7-,8+,9-,10+,11-,12+/m11/s1. The number of ether oxygens (including phenoxy) is 6. The van der Waals surface area contributed by atoms with Crippen molar-refractivity contribution in [2.24, 2.45) is 0 Å². The normalized spacial score (nSPS) is 51.1. The molecule has 0 radical (unpaired) electrons. The lowest BCUT2D eigenvalue weighted by atomic mass is 9.99. The summed E-state index contributed by atoms with van der Waals surface area (Å²) in [7, 11) is 0. The summed E-state index contributed by atoms with van der Waals surface area (Å²) >= 11 is 0. The first-order chi connectivity index (χ1) is 21.6. The van der Waals surface area contributed by atoms with E-state index in [1.54, 1.807) is 0 Å². The minimum atomic E-state index is -2.22. The van der Waals surface area contributed by atoms with E-state index < -0.39 is 149 Å².